The van der Waals surface area contributed by atoms with Crippen LogP contribution in [-0.2, 0) is 12.4 Å². The molecule has 6 heteroatoms. The van der Waals surface area contributed by atoms with E-state index in [9.17, 15) is 4.39 Å². The third-order valence-electron chi connectivity index (χ3n) is 3.77. The zero-order valence-electron chi connectivity index (χ0n) is 10.9. The highest BCUT2D eigenvalue weighted by atomic mass is 127. The van der Waals surface area contributed by atoms with E-state index in [0.29, 0.717) is 15.4 Å². The van der Waals surface area contributed by atoms with Crippen molar-refractivity contribution in [1.82, 2.24) is 9.55 Å². The highest BCUT2D eigenvalue weighted by Gasteiger charge is 2.19. The van der Waals surface area contributed by atoms with E-state index in [1.165, 1.54) is 24.3 Å². The molecule has 0 radical (unpaired) electrons. The van der Waals surface area contributed by atoms with Gasteiger partial charge in [-0.1, -0.05) is 0 Å². The highest BCUT2D eigenvalue weighted by Crippen LogP contribution is 2.28. The quantitative estimate of drug-likeness (QED) is 0.527. The molecule has 0 saturated carbocycles. The predicted molar refractivity (Wildman–Crippen MR) is 92.0 cm³/mol. The smallest absolute Gasteiger partial charge is 0.138 e. The molecule has 1 saturated heterocycles. The summed E-state index contributed by atoms with van der Waals surface area (Å²) in [5.41, 5.74) is 1.72. The van der Waals surface area contributed by atoms with Gasteiger partial charge in [0.25, 0.3) is 0 Å². The molecule has 0 N–H and O–H groups in total. The molecular weight excluding hydrogens is 410 g/mol. The molecule has 1 aliphatic heterocycles. The lowest BCUT2D eigenvalue weighted by Crippen LogP contribution is -2.17. The molecule has 0 spiro atoms. The van der Waals surface area contributed by atoms with Crippen molar-refractivity contribution in [2.75, 3.05) is 11.5 Å². The van der Waals surface area contributed by atoms with Crippen LogP contribution < -0.4 is 0 Å². The van der Waals surface area contributed by atoms with Gasteiger partial charge in [0.15, 0.2) is 0 Å². The van der Waals surface area contributed by atoms with Gasteiger partial charge in [-0.3, -0.25) is 0 Å². The Kier molecular flexibility index (Phi) is 4.77. The van der Waals surface area contributed by atoms with Crippen LogP contribution >= 0.6 is 46.0 Å². The van der Waals surface area contributed by atoms with Gasteiger partial charge in [0.2, 0.25) is 0 Å². The fraction of sp³-hybridized carbons (Fsp3) is 0.500. The number of hydrogen-bond acceptors (Lipinski definition) is 2. The number of benzene rings is 1. The number of rotatable bonds is 3. The van der Waals surface area contributed by atoms with Gasteiger partial charge in [0.05, 0.1) is 20.5 Å². The monoisotopic (exact) mass is 424 g/mol. The van der Waals surface area contributed by atoms with E-state index in [0.717, 1.165) is 23.4 Å². The van der Waals surface area contributed by atoms with Crippen LogP contribution in [0.5, 0.6) is 0 Å². The molecule has 108 valence electrons. The molecule has 1 aliphatic rings. The maximum Gasteiger partial charge on any atom is 0.138 e. The van der Waals surface area contributed by atoms with Crippen molar-refractivity contribution in [3.05, 3.63) is 27.3 Å². The maximum absolute atomic E-state index is 13.8. The fourth-order valence-electron chi connectivity index (χ4n) is 2.66. The zero-order valence-corrected chi connectivity index (χ0v) is 14.6. The highest BCUT2D eigenvalue weighted by molar-refractivity contribution is 14.1. The van der Waals surface area contributed by atoms with Crippen molar-refractivity contribution in [1.29, 1.82) is 0 Å². The largest absolute Gasteiger partial charge is 0.327 e. The summed E-state index contributed by atoms with van der Waals surface area (Å²) in [5.74, 6) is 4.13. The first-order chi connectivity index (χ1) is 9.69. The molecule has 2 aromatic rings. The third-order valence-corrected chi connectivity index (χ3v) is 5.88. The summed E-state index contributed by atoms with van der Waals surface area (Å²) < 4.78 is 16.6. The lowest BCUT2D eigenvalue weighted by Gasteiger charge is -2.22. The summed E-state index contributed by atoms with van der Waals surface area (Å²) in [6.07, 6.45) is 2.44. The second-order valence-electron chi connectivity index (χ2n) is 5.08. The lowest BCUT2D eigenvalue weighted by molar-refractivity contribution is 0.417. The van der Waals surface area contributed by atoms with E-state index in [1.54, 1.807) is 12.1 Å². The van der Waals surface area contributed by atoms with Crippen LogP contribution in [-0.4, -0.2) is 21.1 Å². The summed E-state index contributed by atoms with van der Waals surface area (Å²) in [5, 5.41) is 0. The van der Waals surface area contributed by atoms with E-state index >= 15 is 0 Å². The van der Waals surface area contributed by atoms with Gasteiger partial charge in [-0.05, 0) is 58.9 Å². The molecular formula is C14H15ClFIN2S. The van der Waals surface area contributed by atoms with Gasteiger partial charge in [-0.2, -0.15) is 11.8 Å². The van der Waals surface area contributed by atoms with Gasteiger partial charge in [0, 0.05) is 12.6 Å². The molecule has 0 unspecified atom stereocenters. The Balaban J connectivity index is 2.00. The number of alkyl halides is 1. The third kappa shape index (κ3) is 2.95. The Morgan fingerprint density at radius 2 is 2.15 bits per heavy atom. The number of halogens is 3. The average Bonchev–Trinajstić information content (AvgIpc) is 2.78. The van der Waals surface area contributed by atoms with E-state index in [1.807, 2.05) is 34.4 Å². The van der Waals surface area contributed by atoms with Crippen molar-refractivity contribution in [2.24, 2.45) is 5.92 Å². The van der Waals surface area contributed by atoms with Crippen molar-refractivity contribution >= 4 is 57.0 Å². The summed E-state index contributed by atoms with van der Waals surface area (Å²) in [7, 11) is 0. The Bertz CT molecular complexity index is 625. The van der Waals surface area contributed by atoms with Crippen molar-refractivity contribution in [3.63, 3.8) is 0 Å². The molecule has 1 aromatic heterocycles. The molecule has 2 heterocycles. The van der Waals surface area contributed by atoms with Crippen molar-refractivity contribution in [3.8, 4) is 0 Å². The Morgan fingerprint density at radius 3 is 2.85 bits per heavy atom. The summed E-state index contributed by atoms with van der Waals surface area (Å²) in [6, 6.07) is 3.40. The predicted octanol–water partition coefficient (Wildman–Crippen LogP) is 4.66. The molecule has 1 fully saturated rings. The zero-order chi connectivity index (χ0) is 14.1. The van der Waals surface area contributed by atoms with Crippen LogP contribution in [0.4, 0.5) is 4.39 Å². The summed E-state index contributed by atoms with van der Waals surface area (Å²) in [4.78, 5) is 4.55. The number of fused-ring (bicyclic) bond motifs is 1. The van der Waals surface area contributed by atoms with Gasteiger partial charge < -0.3 is 4.57 Å². The van der Waals surface area contributed by atoms with E-state index in [2.05, 4.69) is 9.55 Å². The first kappa shape index (κ1) is 14.9. The number of imidazole rings is 1. The number of nitrogens with zero attached hydrogens (tertiary/aromatic N) is 2. The van der Waals surface area contributed by atoms with Gasteiger partial charge >= 0.3 is 0 Å². The molecule has 2 nitrogen and oxygen atoms in total. The Morgan fingerprint density at radius 1 is 1.40 bits per heavy atom. The maximum atomic E-state index is 13.8. The van der Waals surface area contributed by atoms with Crippen molar-refractivity contribution < 1.29 is 4.39 Å². The topological polar surface area (TPSA) is 17.8 Å². The Hall–Kier alpha value is -0.0100. The van der Waals surface area contributed by atoms with Gasteiger partial charge in [0.1, 0.15) is 11.6 Å². The Labute approximate surface area is 140 Å². The first-order valence-electron chi connectivity index (χ1n) is 6.67. The first-order valence-corrected chi connectivity index (χ1v) is 9.43. The molecule has 1 aromatic carbocycles. The molecule has 0 bridgehead atoms. The fourth-order valence-corrected chi connectivity index (χ4v) is 4.52. The molecule has 0 amide bonds. The van der Waals surface area contributed by atoms with Crippen LogP contribution in [0.2, 0.25) is 0 Å². The summed E-state index contributed by atoms with van der Waals surface area (Å²) >= 11 is 10.0. The van der Waals surface area contributed by atoms with Crippen LogP contribution in [0, 0.1) is 15.3 Å². The second-order valence-corrected chi connectivity index (χ2v) is 7.74. The van der Waals surface area contributed by atoms with Crippen LogP contribution in [0.3, 0.4) is 0 Å². The molecule has 20 heavy (non-hydrogen) atoms. The summed E-state index contributed by atoms with van der Waals surface area (Å²) in [6.45, 7) is 0.902. The van der Waals surface area contributed by atoms with E-state index in [-0.39, 0.29) is 5.82 Å². The second kappa shape index (κ2) is 6.40. The minimum Gasteiger partial charge on any atom is -0.327 e. The van der Waals surface area contributed by atoms with Crippen molar-refractivity contribution in [2.45, 2.75) is 25.3 Å². The van der Waals surface area contributed by atoms with Crippen LogP contribution in [0.15, 0.2) is 12.1 Å². The molecule has 0 aliphatic carbocycles. The van der Waals surface area contributed by atoms with E-state index < -0.39 is 0 Å². The lowest BCUT2D eigenvalue weighted by atomic mass is 10.0. The molecule has 3 rings (SSSR count). The van der Waals surface area contributed by atoms with Gasteiger partial charge in [-0.25, -0.2) is 9.37 Å². The minimum atomic E-state index is -0.181. The molecule has 0 atom stereocenters. The van der Waals surface area contributed by atoms with Crippen LogP contribution in [0.1, 0.15) is 18.7 Å². The number of hydrogen-bond donors (Lipinski definition) is 0. The van der Waals surface area contributed by atoms with Gasteiger partial charge in [-0.15, -0.1) is 11.6 Å². The number of thioether (sulfide) groups is 1. The minimum absolute atomic E-state index is 0.181. The SMILES string of the molecule is Fc1cc2c(cc1I)nc(CCl)n2CC1CCSCC1. The normalized spacial score (nSPS) is 16.9. The van der Waals surface area contributed by atoms with Crippen LogP contribution in [0.25, 0.3) is 11.0 Å². The standard InChI is InChI=1S/C14H15ClFIN2S/c15-7-14-18-12-6-11(17)10(16)5-13(12)19(14)8-9-1-3-20-4-2-9/h5-6,9H,1-4,7-8H2. The average molecular weight is 425 g/mol. The van der Waals surface area contributed by atoms with E-state index in [4.69, 9.17) is 11.6 Å². The number of aromatic nitrogens is 2.